The van der Waals surface area contributed by atoms with Crippen molar-refractivity contribution in [1.29, 1.82) is 0 Å². The molecule has 1 aromatic rings. The van der Waals surface area contributed by atoms with Crippen LogP contribution in [0.5, 0.6) is 0 Å². The predicted octanol–water partition coefficient (Wildman–Crippen LogP) is -0.374. The Morgan fingerprint density at radius 2 is 2.58 bits per heavy atom. The Morgan fingerprint density at radius 1 is 1.75 bits per heavy atom. The van der Waals surface area contributed by atoms with E-state index in [1.54, 1.807) is 12.5 Å². The number of rotatable bonds is 5. The molecular formula is C7H11N3O2. The first kappa shape index (κ1) is 8.73. The van der Waals surface area contributed by atoms with Crippen LogP contribution in [0.25, 0.3) is 0 Å². The fourth-order valence-corrected chi connectivity index (χ4v) is 0.840. The van der Waals surface area contributed by atoms with Gasteiger partial charge < -0.3 is 15.4 Å². The van der Waals surface area contributed by atoms with E-state index in [2.05, 4.69) is 15.3 Å². The Hall–Kier alpha value is -1.36. The van der Waals surface area contributed by atoms with Gasteiger partial charge in [-0.05, 0) is 0 Å². The van der Waals surface area contributed by atoms with Gasteiger partial charge in [-0.25, -0.2) is 4.98 Å². The molecule has 0 bridgehead atoms. The van der Waals surface area contributed by atoms with Crippen LogP contribution in [0.15, 0.2) is 12.5 Å². The highest BCUT2D eigenvalue weighted by atomic mass is 16.4. The minimum Gasteiger partial charge on any atom is -0.480 e. The van der Waals surface area contributed by atoms with E-state index in [-0.39, 0.29) is 6.54 Å². The maximum absolute atomic E-state index is 10.1. The first-order valence-corrected chi connectivity index (χ1v) is 3.69. The molecule has 5 nitrogen and oxygen atoms in total. The lowest BCUT2D eigenvalue weighted by atomic mass is 10.3. The van der Waals surface area contributed by atoms with E-state index in [9.17, 15) is 4.79 Å². The summed E-state index contributed by atoms with van der Waals surface area (Å²) < 4.78 is 0. The number of H-pyrrole nitrogens is 1. The van der Waals surface area contributed by atoms with Crippen LogP contribution in [0, 0.1) is 0 Å². The van der Waals surface area contributed by atoms with Crippen LogP contribution in [0.1, 0.15) is 5.69 Å². The van der Waals surface area contributed by atoms with Gasteiger partial charge in [0.05, 0.1) is 12.9 Å². The minimum atomic E-state index is -0.834. The van der Waals surface area contributed by atoms with Crippen molar-refractivity contribution < 1.29 is 9.90 Å². The number of nitrogens with one attached hydrogen (secondary N) is 2. The largest absolute Gasteiger partial charge is 0.480 e. The van der Waals surface area contributed by atoms with E-state index in [1.165, 1.54) is 0 Å². The zero-order valence-corrected chi connectivity index (χ0v) is 6.58. The van der Waals surface area contributed by atoms with Crippen LogP contribution in [-0.2, 0) is 11.2 Å². The Labute approximate surface area is 69.8 Å². The Kier molecular flexibility index (Phi) is 3.28. The summed E-state index contributed by atoms with van der Waals surface area (Å²) >= 11 is 0. The topological polar surface area (TPSA) is 78.0 Å². The zero-order chi connectivity index (χ0) is 8.81. The van der Waals surface area contributed by atoms with E-state index >= 15 is 0 Å². The van der Waals surface area contributed by atoms with Gasteiger partial charge in [0.25, 0.3) is 0 Å². The van der Waals surface area contributed by atoms with Crippen molar-refractivity contribution in [2.45, 2.75) is 6.42 Å². The molecule has 0 spiro atoms. The Morgan fingerprint density at radius 3 is 3.17 bits per heavy atom. The Bertz CT molecular complexity index is 233. The molecule has 0 fully saturated rings. The van der Waals surface area contributed by atoms with Gasteiger partial charge in [-0.2, -0.15) is 0 Å². The van der Waals surface area contributed by atoms with Crippen LogP contribution < -0.4 is 5.32 Å². The second-order valence-electron chi connectivity index (χ2n) is 2.40. The average Bonchev–Trinajstić information content (AvgIpc) is 2.49. The molecule has 0 unspecified atom stereocenters. The standard InChI is InChI=1S/C7H11N3O2/c11-7(12)4-8-2-1-6-3-9-5-10-6/h3,5,8H,1-2,4H2,(H,9,10)(H,11,12). The fraction of sp³-hybridized carbons (Fsp3) is 0.429. The highest BCUT2D eigenvalue weighted by Crippen LogP contribution is 1.89. The summed E-state index contributed by atoms with van der Waals surface area (Å²) in [5.74, 6) is -0.834. The molecular weight excluding hydrogens is 158 g/mol. The van der Waals surface area contributed by atoms with Crippen molar-refractivity contribution in [3.8, 4) is 0 Å². The third kappa shape index (κ3) is 3.16. The smallest absolute Gasteiger partial charge is 0.317 e. The second-order valence-corrected chi connectivity index (χ2v) is 2.40. The normalized spacial score (nSPS) is 10.0. The average molecular weight is 169 g/mol. The van der Waals surface area contributed by atoms with Crippen molar-refractivity contribution in [1.82, 2.24) is 15.3 Å². The molecule has 66 valence electrons. The number of aromatic amines is 1. The molecule has 3 N–H and O–H groups in total. The number of carbonyl (C=O) groups is 1. The van der Waals surface area contributed by atoms with E-state index < -0.39 is 5.97 Å². The fourth-order valence-electron chi connectivity index (χ4n) is 0.840. The van der Waals surface area contributed by atoms with E-state index in [0.717, 1.165) is 12.1 Å². The van der Waals surface area contributed by atoms with Crippen LogP contribution in [0.3, 0.4) is 0 Å². The molecule has 0 radical (unpaired) electrons. The van der Waals surface area contributed by atoms with E-state index in [0.29, 0.717) is 6.54 Å². The summed E-state index contributed by atoms with van der Waals surface area (Å²) in [5.41, 5.74) is 1.01. The molecule has 5 heteroatoms. The first-order chi connectivity index (χ1) is 5.79. The molecule has 1 rings (SSSR count). The van der Waals surface area contributed by atoms with Crippen molar-refractivity contribution >= 4 is 5.97 Å². The van der Waals surface area contributed by atoms with Gasteiger partial charge in [-0.3, -0.25) is 4.79 Å². The maximum atomic E-state index is 10.1. The molecule has 0 aliphatic heterocycles. The first-order valence-electron chi connectivity index (χ1n) is 3.69. The van der Waals surface area contributed by atoms with Crippen LogP contribution in [-0.4, -0.2) is 34.1 Å². The lowest BCUT2D eigenvalue weighted by Crippen LogP contribution is -2.24. The van der Waals surface area contributed by atoms with Crippen molar-refractivity contribution in [3.63, 3.8) is 0 Å². The summed E-state index contributed by atoms with van der Waals surface area (Å²) in [6, 6.07) is 0. The predicted molar refractivity (Wildman–Crippen MR) is 42.8 cm³/mol. The van der Waals surface area contributed by atoms with Gasteiger partial charge in [0.15, 0.2) is 0 Å². The number of imidazole rings is 1. The third-order valence-electron chi connectivity index (χ3n) is 1.40. The van der Waals surface area contributed by atoms with Crippen LogP contribution >= 0.6 is 0 Å². The van der Waals surface area contributed by atoms with Crippen molar-refractivity contribution in [3.05, 3.63) is 18.2 Å². The molecule has 0 saturated carbocycles. The number of aliphatic carboxylic acids is 1. The van der Waals surface area contributed by atoms with Gasteiger partial charge in [-0.1, -0.05) is 0 Å². The number of nitrogens with zero attached hydrogens (tertiary/aromatic N) is 1. The number of hydrogen-bond donors (Lipinski definition) is 3. The monoisotopic (exact) mass is 169 g/mol. The number of hydrogen-bond acceptors (Lipinski definition) is 3. The van der Waals surface area contributed by atoms with Gasteiger partial charge in [-0.15, -0.1) is 0 Å². The van der Waals surface area contributed by atoms with Crippen molar-refractivity contribution in [2.24, 2.45) is 0 Å². The van der Waals surface area contributed by atoms with Crippen molar-refractivity contribution in [2.75, 3.05) is 13.1 Å². The lowest BCUT2D eigenvalue weighted by Gasteiger charge is -1.98. The minimum absolute atomic E-state index is 0.00807. The molecule has 1 aromatic heterocycles. The van der Waals surface area contributed by atoms with Crippen LogP contribution in [0.4, 0.5) is 0 Å². The highest BCUT2D eigenvalue weighted by Gasteiger charge is 1.96. The molecule has 0 saturated heterocycles. The SMILES string of the molecule is O=C(O)CNCCc1cnc[nH]1. The highest BCUT2D eigenvalue weighted by molar-refractivity contribution is 5.68. The lowest BCUT2D eigenvalue weighted by molar-refractivity contribution is -0.135. The number of carboxylic acids is 1. The number of carboxylic acid groups (broad SMARTS) is 1. The van der Waals surface area contributed by atoms with Gasteiger partial charge in [0, 0.05) is 24.9 Å². The summed E-state index contributed by atoms with van der Waals surface area (Å²) in [5, 5.41) is 11.1. The molecule has 0 aromatic carbocycles. The second kappa shape index (κ2) is 4.50. The Balaban J connectivity index is 2.07. The molecule has 0 atom stereocenters. The summed E-state index contributed by atoms with van der Waals surface area (Å²) in [6.45, 7) is 0.655. The molecule has 12 heavy (non-hydrogen) atoms. The molecule has 0 aliphatic carbocycles. The summed E-state index contributed by atoms with van der Waals surface area (Å²) in [4.78, 5) is 16.8. The van der Waals surface area contributed by atoms with E-state index in [1.807, 2.05) is 0 Å². The van der Waals surface area contributed by atoms with Gasteiger partial charge in [0.1, 0.15) is 0 Å². The summed E-state index contributed by atoms with van der Waals surface area (Å²) in [6.07, 6.45) is 4.10. The zero-order valence-electron chi connectivity index (χ0n) is 6.58. The third-order valence-corrected chi connectivity index (χ3v) is 1.40. The maximum Gasteiger partial charge on any atom is 0.317 e. The van der Waals surface area contributed by atoms with Gasteiger partial charge >= 0.3 is 5.97 Å². The quantitative estimate of drug-likeness (QED) is 0.525. The summed E-state index contributed by atoms with van der Waals surface area (Å²) in [7, 11) is 0. The van der Waals surface area contributed by atoms with E-state index in [4.69, 9.17) is 5.11 Å². The van der Waals surface area contributed by atoms with Gasteiger partial charge in [0.2, 0.25) is 0 Å². The molecule has 1 heterocycles. The van der Waals surface area contributed by atoms with Crippen LogP contribution in [0.2, 0.25) is 0 Å². The number of aromatic nitrogens is 2. The molecule has 0 amide bonds. The molecule has 0 aliphatic rings.